The molecule has 1 aliphatic heterocycles. The number of unbranched alkanes of at least 4 members (excludes halogenated alkanes) is 2. The summed E-state index contributed by atoms with van der Waals surface area (Å²) >= 11 is 0. The zero-order valence-electron chi connectivity index (χ0n) is 20.8. The van der Waals surface area contributed by atoms with E-state index in [0.717, 1.165) is 37.2 Å². The number of para-hydroxylation sites is 2. The van der Waals surface area contributed by atoms with E-state index < -0.39 is 5.97 Å². The number of benzene rings is 2. The number of carboxylic acid groups (broad SMARTS) is 1. The van der Waals surface area contributed by atoms with Gasteiger partial charge >= 0.3 is 5.97 Å². The molecule has 2 heterocycles. The van der Waals surface area contributed by atoms with Crippen molar-refractivity contribution >= 4 is 34.7 Å². The van der Waals surface area contributed by atoms with Crippen molar-refractivity contribution in [3.05, 3.63) is 120 Å². The van der Waals surface area contributed by atoms with Gasteiger partial charge in [0, 0.05) is 47.9 Å². The minimum Gasteiger partial charge on any atom is -0.481 e. The van der Waals surface area contributed by atoms with Gasteiger partial charge in [-0.2, -0.15) is 4.57 Å². The molecule has 0 saturated carbocycles. The fourth-order valence-corrected chi connectivity index (χ4v) is 4.42. The molecule has 0 unspecified atom stereocenters. The number of aliphatic carboxylic acids is 1. The fourth-order valence-electron chi connectivity index (χ4n) is 4.42. The van der Waals surface area contributed by atoms with Crippen LogP contribution in [-0.2, 0) is 11.8 Å². The second-order valence-electron chi connectivity index (χ2n) is 8.84. The highest BCUT2D eigenvalue weighted by Crippen LogP contribution is 2.31. The van der Waals surface area contributed by atoms with E-state index in [0.29, 0.717) is 0 Å². The van der Waals surface area contributed by atoms with Crippen LogP contribution in [0.15, 0.2) is 109 Å². The summed E-state index contributed by atoms with van der Waals surface area (Å²) in [6.45, 7) is 0.863. The summed E-state index contributed by atoms with van der Waals surface area (Å²) in [5.41, 5.74) is 5.89. The number of hydrogen-bond acceptors (Lipinski definition) is 2. The Kier molecular flexibility index (Phi) is 8.66. The Balaban J connectivity index is 1.39. The summed E-state index contributed by atoms with van der Waals surface area (Å²) in [4.78, 5) is 13.1. The van der Waals surface area contributed by atoms with Gasteiger partial charge in [-0.15, -0.1) is 0 Å². The third-order valence-electron chi connectivity index (χ3n) is 6.34. The predicted molar refractivity (Wildman–Crippen MR) is 149 cm³/mol. The predicted octanol–water partition coefficient (Wildman–Crippen LogP) is 6.85. The number of aryl methyl sites for hydroxylation is 1. The Morgan fingerprint density at radius 1 is 0.861 bits per heavy atom. The lowest BCUT2D eigenvalue weighted by Gasteiger charge is -2.30. The number of carboxylic acids is 1. The Morgan fingerprint density at radius 3 is 2.53 bits per heavy atom. The lowest BCUT2D eigenvalue weighted by atomic mass is 10.0. The molecule has 36 heavy (non-hydrogen) atoms. The van der Waals surface area contributed by atoms with Gasteiger partial charge in [-0.05, 0) is 48.8 Å². The number of anilines is 1. The first-order valence-electron chi connectivity index (χ1n) is 12.5. The Hall–Kier alpha value is -4.18. The molecule has 3 aromatic rings. The standard InChI is InChI=1S/C32H32N2O2/c1-33-28(23-21-26-14-9-11-18-30(26)33)16-6-3-2-4-7-17-29-24-22-27-15-10-12-19-31(27)34(29)25-13-5-8-20-32(35)36/h2-4,6-7,9-12,14-19,21-24H,5,8,13,20,25H2,1H3/p+1. The maximum Gasteiger partial charge on any atom is 0.303 e. The monoisotopic (exact) mass is 477 g/mol. The van der Waals surface area contributed by atoms with E-state index in [9.17, 15) is 4.79 Å². The van der Waals surface area contributed by atoms with Crippen LogP contribution in [0.2, 0.25) is 0 Å². The van der Waals surface area contributed by atoms with Crippen LogP contribution in [0.3, 0.4) is 0 Å². The number of pyridine rings is 1. The van der Waals surface area contributed by atoms with Gasteiger partial charge in [-0.3, -0.25) is 4.79 Å². The van der Waals surface area contributed by atoms with Crippen molar-refractivity contribution in [1.29, 1.82) is 0 Å². The molecule has 0 aliphatic carbocycles. The summed E-state index contributed by atoms with van der Waals surface area (Å²) in [5.74, 6) is -0.721. The van der Waals surface area contributed by atoms with Crippen molar-refractivity contribution < 1.29 is 14.5 Å². The van der Waals surface area contributed by atoms with Crippen LogP contribution < -0.4 is 9.47 Å². The Labute approximate surface area is 213 Å². The van der Waals surface area contributed by atoms with E-state index in [-0.39, 0.29) is 6.42 Å². The van der Waals surface area contributed by atoms with Crippen molar-refractivity contribution in [2.45, 2.75) is 25.7 Å². The second-order valence-corrected chi connectivity index (χ2v) is 8.84. The Morgan fingerprint density at radius 2 is 1.64 bits per heavy atom. The van der Waals surface area contributed by atoms with E-state index >= 15 is 0 Å². The molecule has 0 saturated heterocycles. The zero-order chi connectivity index (χ0) is 25.2. The van der Waals surface area contributed by atoms with Gasteiger partial charge in [-0.25, -0.2) is 0 Å². The lowest BCUT2D eigenvalue weighted by molar-refractivity contribution is -0.646. The molecule has 0 radical (unpaired) electrons. The molecule has 4 rings (SSSR count). The first-order chi connectivity index (χ1) is 17.6. The summed E-state index contributed by atoms with van der Waals surface area (Å²) in [7, 11) is 2.09. The molecule has 182 valence electrons. The van der Waals surface area contributed by atoms with Crippen molar-refractivity contribution in [3.8, 4) is 0 Å². The molecule has 1 aromatic heterocycles. The maximum atomic E-state index is 10.8. The molecule has 0 atom stereocenters. The molecule has 0 amide bonds. The molecular formula is C32H33N2O2+. The number of fused-ring (bicyclic) bond motifs is 2. The van der Waals surface area contributed by atoms with Crippen molar-refractivity contribution in [2.75, 3.05) is 11.4 Å². The molecule has 1 aliphatic rings. The average molecular weight is 478 g/mol. The quantitative estimate of drug-likeness (QED) is 0.197. The van der Waals surface area contributed by atoms with Crippen LogP contribution in [-0.4, -0.2) is 17.6 Å². The van der Waals surface area contributed by atoms with Gasteiger partial charge in [-0.1, -0.05) is 73.2 Å². The largest absolute Gasteiger partial charge is 0.481 e. The molecule has 4 nitrogen and oxygen atoms in total. The van der Waals surface area contributed by atoms with Crippen molar-refractivity contribution in [2.24, 2.45) is 7.05 Å². The fraction of sp³-hybridized carbons (Fsp3) is 0.188. The third kappa shape index (κ3) is 6.48. The van der Waals surface area contributed by atoms with Crippen LogP contribution >= 0.6 is 0 Å². The Bertz CT molecular complexity index is 1360. The minimum atomic E-state index is -0.721. The SMILES string of the molecule is C[n+]1c(C=CC=CC=CC=C2C=Cc3ccccc3N2CCCCCC(=O)O)ccc2ccccc21. The summed E-state index contributed by atoms with van der Waals surface area (Å²) in [6.07, 6.45) is 21.6. The van der Waals surface area contributed by atoms with Crippen LogP contribution in [0, 0.1) is 0 Å². The minimum absolute atomic E-state index is 0.238. The second kappa shape index (κ2) is 12.5. The van der Waals surface area contributed by atoms with Gasteiger partial charge in [0.15, 0.2) is 0 Å². The topological polar surface area (TPSA) is 44.4 Å². The number of aromatic nitrogens is 1. The molecule has 4 heteroatoms. The number of hydrogen-bond donors (Lipinski definition) is 1. The summed E-state index contributed by atoms with van der Waals surface area (Å²) in [5, 5.41) is 10.1. The van der Waals surface area contributed by atoms with Crippen LogP contribution in [0.1, 0.15) is 36.9 Å². The van der Waals surface area contributed by atoms with Crippen molar-refractivity contribution in [1.82, 2.24) is 0 Å². The van der Waals surface area contributed by atoms with Gasteiger partial charge in [0.25, 0.3) is 0 Å². The van der Waals surface area contributed by atoms with Crippen molar-refractivity contribution in [3.63, 3.8) is 0 Å². The van der Waals surface area contributed by atoms with Gasteiger partial charge in [0.2, 0.25) is 11.2 Å². The summed E-state index contributed by atoms with van der Waals surface area (Å²) in [6, 6.07) is 21.1. The summed E-state index contributed by atoms with van der Waals surface area (Å²) < 4.78 is 2.20. The molecule has 0 bridgehead atoms. The van der Waals surface area contributed by atoms with Gasteiger partial charge in [0.1, 0.15) is 7.05 Å². The van der Waals surface area contributed by atoms with E-state index in [1.165, 1.54) is 22.2 Å². The maximum absolute atomic E-state index is 10.8. The smallest absolute Gasteiger partial charge is 0.303 e. The number of nitrogens with zero attached hydrogens (tertiary/aromatic N) is 2. The van der Waals surface area contributed by atoms with E-state index in [1.807, 2.05) is 18.2 Å². The van der Waals surface area contributed by atoms with Crippen LogP contribution in [0.4, 0.5) is 5.69 Å². The van der Waals surface area contributed by atoms with E-state index in [1.54, 1.807) is 0 Å². The van der Waals surface area contributed by atoms with Crippen LogP contribution in [0.25, 0.3) is 23.1 Å². The van der Waals surface area contributed by atoms with Crippen LogP contribution in [0.5, 0.6) is 0 Å². The van der Waals surface area contributed by atoms with E-state index in [4.69, 9.17) is 5.11 Å². The number of allylic oxidation sites excluding steroid dienone is 7. The molecule has 0 fully saturated rings. The molecular weight excluding hydrogens is 444 g/mol. The lowest BCUT2D eigenvalue weighted by Crippen LogP contribution is -2.32. The highest BCUT2D eigenvalue weighted by atomic mass is 16.4. The normalized spacial score (nSPS) is 14.6. The number of rotatable bonds is 10. The molecule has 2 aromatic carbocycles. The highest BCUT2D eigenvalue weighted by Gasteiger charge is 2.16. The van der Waals surface area contributed by atoms with E-state index in [2.05, 4.69) is 114 Å². The number of carbonyl (C=O) groups is 1. The average Bonchev–Trinajstić information content (AvgIpc) is 2.89. The first-order valence-corrected chi connectivity index (χ1v) is 12.5. The first kappa shape index (κ1) is 24.9. The van der Waals surface area contributed by atoms with Gasteiger partial charge < -0.3 is 10.0 Å². The zero-order valence-corrected chi connectivity index (χ0v) is 20.8. The van der Waals surface area contributed by atoms with Gasteiger partial charge in [0.05, 0.1) is 0 Å². The molecule has 1 N–H and O–H groups in total. The third-order valence-corrected chi connectivity index (χ3v) is 6.34. The highest BCUT2D eigenvalue weighted by molar-refractivity contribution is 5.77. The molecule has 0 spiro atoms.